The number of nitrogens with zero attached hydrogens (tertiary/aromatic N) is 4. The van der Waals surface area contributed by atoms with Gasteiger partial charge in [-0.2, -0.15) is 5.10 Å². The van der Waals surface area contributed by atoms with E-state index in [0.717, 1.165) is 15.9 Å². The zero-order chi connectivity index (χ0) is 16.9. The molecule has 5 nitrogen and oxygen atoms in total. The second-order valence-electron chi connectivity index (χ2n) is 5.77. The lowest BCUT2D eigenvalue weighted by Crippen LogP contribution is -2.06. The lowest BCUT2D eigenvalue weighted by Gasteiger charge is -2.05. The molecule has 0 spiro atoms. The number of hydrogen-bond acceptors (Lipinski definition) is 5. The zero-order valence-electron chi connectivity index (χ0n) is 13.9. The van der Waals surface area contributed by atoms with E-state index in [-0.39, 0.29) is 5.92 Å². The molecule has 1 aromatic heterocycles. The van der Waals surface area contributed by atoms with Gasteiger partial charge in [0, 0.05) is 5.92 Å². The number of aryl methyl sites for hydroxylation is 1. The number of benzene rings is 2. The Kier molecular flexibility index (Phi) is 4.96. The summed E-state index contributed by atoms with van der Waals surface area (Å²) in [6.45, 7) is 6.12. The topological polar surface area (TPSA) is 62.0 Å². The predicted molar refractivity (Wildman–Crippen MR) is 101 cm³/mol. The zero-order valence-corrected chi connectivity index (χ0v) is 14.7. The first-order chi connectivity index (χ1) is 11.6. The Bertz CT molecular complexity index is 845. The fourth-order valence-corrected chi connectivity index (χ4v) is 2.80. The molecule has 0 atom stereocenters. The molecule has 6 heteroatoms. The van der Waals surface area contributed by atoms with Crippen molar-refractivity contribution < 1.29 is 0 Å². The highest BCUT2D eigenvalue weighted by Gasteiger charge is 2.06. The standard InChI is InChI=1S/C18H19N5S/c1-12(2)17(21-20-14-10-8-13(3)9-11-14)22-23-18-19-15-6-4-5-7-16(15)24-18/h4-12,20H,1-3H3. The van der Waals surface area contributed by atoms with Crippen molar-refractivity contribution in [3.63, 3.8) is 0 Å². The van der Waals surface area contributed by atoms with Crippen LogP contribution in [0.2, 0.25) is 0 Å². The van der Waals surface area contributed by atoms with Crippen LogP contribution < -0.4 is 5.43 Å². The Labute approximate surface area is 145 Å². The van der Waals surface area contributed by atoms with Crippen LogP contribution in [-0.4, -0.2) is 10.8 Å². The van der Waals surface area contributed by atoms with Crippen molar-refractivity contribution in [2.45, 2.75) is 20.8 Å². The Morgan fingerprint density at radius 1 is 1.08 bits per heavy atom. The summed E-state index contributed by atoms with van der Waals surface area (Å²) in [5, 5.41) is 13.5. The number of anilines is 1. The molecular weight excluding hydrogens is 318 g/mol. The summed E-state index contributed by atoms with van der Waals surface area (Å²) in [4.78, 5) is 4.45. The number of para-hydroxylation sites is 1. The number of amidine groups is 1. The fourth-order valence-electron chi connectivity index (χ4n) is 2.01. The number of hydrogen-bond donors (Lipinski definition) is 1. The van der Waals surface area contributed by atoms with Crippen molar-refractivity contribution in [3.8, 4) is 0 Å². The quantitative estimate of drug-likeness (QED) is 0.284. The summed E-state index contributed by atoms with van der Waals surface area (Å²) >= 11 is 1.52. The average Bonchev–Trinajstić information content (AvgIpc) is 2.99. The van der Waals surface area contributed by atoms with E-state index in [1.165, 1.54) is 16.9 Å². The van der Waals surface area contributed by atoms with Crippen molar-refractivity contribution in [2.24, 2.45) is 21.2 Å². The van der Waals surface area contributed by atoms with Crippen LogP contribution in [-0.2, 0) is 0 Å². The number of azo groups is 1. The molecule has 2 aromatic carbocycles. The van der Waals surface area contributed by atoms with Gasteiger partial charge in [0.1, 0.15) is 0 Å². The van der Waals surface area contributed by atoms with Crippen LogP contribution in [0.25, 0.3) is 10.2 Å². The third kappa shape index (κ3) is 4.02. The minimum atomic E-state index is 0.154. The van der Waals surface area contributed by atoms with E-state index in [4.69, 9.17) is 0 Å². The van der Waals surface area contributed by atoms with Gasteiger partial charge in [-0.25, -0.2) is 4.98 Å². The summed E-state index contributed by atoms with van der Waals surface area (Å²) in [6, 6.07) is 16.0. The number of rotatable bonds is 4. The van der Waals surface area contributed by atoms with Crippen LogP contribution in [0, 0.1) is 12.8 Å². The third-order valence-electron chi connectivity index (χ3n) is 3.39. The van der Waals surface area contributed by atoms with Gasteiger partial charge in [0.2, 0.25) is 5.13 Å². The van der Waals surface area contributed by atoms with Gasteiger partial charge in [-0.1, -0.05) is 55.0 Å². The molecule has 0 radical (unpaired) electrons. The molecule has 1 N–H and O–H groups in total. The maximum absolute atomic E-state index is 4.45. The van der Waals surface area contributed by atoms with E-state index >= 15 is 0 Å². The van der Waals surface area contributed by atoms with Gasteiger partial charge in [0.15, 0.2) is 5.84 Å². The number of nitrogens with one attached hydrogen (secondary N) is 1. The van der Waals surface area contributed by atoms with Crippen LogP contribution >= 0.6 is 11.3 Å². The first-order valence-electron chi connectivity index (χ1n) is 7.79. The Morgan fingerprint density at radius 3 is 2.54 bits per heavy atom. The molecule has 1 heterocycles. The predicted octanol–water partition coefficient (Wildman–Crippen LogP) is 5.77. The lowest BCUT2D eigenvalue weighted by atomic mass is 10.2. The Morgan fingerprint density at radius 2 is 1.83 bits per heavy atom. The van der Waals surface area contributed by atoms with Gasteiger partial charge in [-0.05, 0) is 31.2 Å². The van der Waals surface area contributed by atoms with E-state index in [9.17, 15) is 0 Å². The van der Waals surface area contributed by atoms with Gasteiger partial charge in [-0.15, -0.1) is 10.2 Å². The fraction of sp³-hybridized carbons (Fsp3) is 0.222. The summed E-state index contributed by atoms with van der Waals surface area (Å²) in [5.74, 6) is 0.788. The second kappa shape index (κ2) is 7.31. The molecule has 0 aliphatic carbocycles. The number of aromatic nitrogens is 1. The normalized spacial score (nSPS) is 12.4. The summed E-state index contributed by atoms with van der Waals surface area (Å²) in [5.41, 5.74) is 6.11. The molecule has 3 rings (SSSR count). The van der Waals surface area contributed by atoms with Gasteiger partial charge in [-0.3, -0.25) is 5.43 Å². The SMILES string of the molecule is Cc1ccc(NN=C(N=Nc2nc3ccccc3s2)C(C)C)cc1. The second-order valence-corrected chi connectivity index (χ2v) is 6.78. The Balaban J connectivity index is 1.77. The molecule has 0 bridgehead atoms. The highest BCUT2D eigenvalue weighted by atomic mass is 32.1. The number of fused-ring (bicyclic) bond motifs is 1. The maximum atomic E-state index is 4.45. The molecule has 0 aliphatic heterocycles. The molecule has 0 unspecified atom stereocenters. The van der Waals surface area contributed by atoms with E-state index in [2.05, 4.69) is 32.7 Å². The van der Waals surface area contributed by atoms with Crippen LogP contribution in [0.15, 0.2) is 63.9 Å². The highest BCUT2D eigenvalue weighted by molar-refractivity contribution is 7.21. The maximum Gasteiger partial charge on any atom is 0.231 e. The molecule has 0 amide bonds. The van der Waals surface area contributed by atoms with Crippen molar-refractivity contribution in [1.29, 1.82) is 0 Å². The minimum absolute atomic E-state index is 0.154. The van der Waals surface area contributed by atoms with Crippen molar-refractivity contribution >= 4 is 38.2 Å². The number of hydrazone groups is 1. The minimum Gasteiger partial charge on any atom is -0.277 e. The first kappa shape index (κ1) is 16.3. The molecule has 3 aromatic rings. The highest BCUT2D eigenvalue weighted by Crippen LogP contribution is 2.28. The summed E-state index contributed by atoms with van der Waals surface area (Å²) in [6.07, 6.45) is 0. The third-order valence-corrected chi connectivity index (χ3v) is 4.31. The first-order valence-corrected chi connectivity index (χ1v) is 8.61. The van der Waals surface area contributed by atoms with Crippen molar-refractivity contribution in [3.05, 3.63) is 54.1 Å². The van der Waals surface area contributed by atoms with Crippen LogP contribution in [0.3, 0.4) is 0 Å². The monoisotopic (exact) mass is 337 g/mol. The Hall–Kier alpha value is -2.60. The molecular formula is C18H19N5S. The van der Waals surface area contributed by atoms with Gasteiger partial charge in [0.25, 0.3) is 0 Å². The molecule has 0 saturated heterocycles. The van der Waals surface area contributed by atoms with E-state index in [1.807, 2.05) is 62.4 Å². The molecule has 0 fully saturated rings. The average molecular weight is 337 g/mol. The number of thiazole rings is 1. The summed E-state index contributed by atoms with van der Waals surface area (Å²) < 4.78 is 1.10. The van der Waals surface area contributed by atoms with E-state index in [0.29, 0.717) is 11.0 Å². The van der Waals surface area contributed by atoms with Gasteiger partial charge >= 0.3 is 0 Å². The van der Waals surface area contributed by atoms with Crippen LogP contribution in [0.1, 0.15) is 19.4 Å². The molecule has 122 valence electrons. The molecule has 0 aliphatic rings. The van der Waals surface area contributed by atoms with E-state index in [1.54, 1.807) is 0 Å². The van der Waals surface area contributed by atoms with E-state index < -0.39 is 0 Å². The van der Waals surface area contributed by atoms with Gasteiger partial charge < -0.3 is 0 Å². The lowest BCUT2D eigenvalue weighted by molar-refractivity contribution is 0.858. The van der Waals surface area contributed by atoms with Crippen molar-refractivity contribution in [2.75, 3.05) is 5.43 Å². The molecule has 0 saturated carbocycles. The summed E-state index contributed by atoms with van der Waals surface area (Å²) in [7, 11) is 0. The molecule has 24 heavy (non-hydrogen) atoms. The largest absolute Gasteiger partial charge is 0.277 e. The smallest absolute Gasteiger partial charge is 0.231 e. The van der Waals surface area contributed by atoms with Crippen LogP contribution in [0.4, 0.5) is 10.8 Å². The van der Waals surface area contributed by atoms with Crippen molar-refractivity contribution in [1.82, 2.24) is 4.98 Å². The van der Waals surface area contributed by atoms with Gasteiger partial charge in [0.05, 0.1) is 15.9 Å². The van der Waals surface area contributed by atoms with Crippen LogP contribution in [0.5, 0.6) is 0 Å².